The van der Waals surface area contributed by atoms with Crippen molar-refractivity contribution in [3.8, 4) is 0 Å². The Hall–Kier alpha value is -1.75. The summed E-state index contributed by atoms with van der Waals surface area (Å²) in [7, 11) is 0. The highest BCUT2D eigenvalue weighted by Gasteiger charge is 2.30. The van der Waals surface area contributed by atoms with Crippen LogP contribution in [0.1, 0.15) is 17.5 Å². The van der Waals surface area contributed by atoms with Gasteiger partial charge in [-0.2, -0.15) is 0 Å². The van der Waals surface area contributed by atoms with Crippen LogP contribution in [0.3, 0.4) is 0 Å². The van der Waals surface area contributed by atoms with Crippen LogP contribution in [-0.4, -0.2) is 40.2 Å². The average Bonchev–Trinajstić information content (AvgIpc) is 2.89. The van der Waals surface area contributed by atoms with Gasteiger partial charge in [0.05, 0.1) is 6.10 Å². The minimum Gasteiger partial charge on any atom is -0.392 e. The first kappa shape index (κ1) is 15.2. The van der Waals surface area contributed by atoms with Crippen LogP contribution in [0.5, 0.6) is 0 Å². The van der Waals surface area contributed by atoms with Crippen molar-refractivity contribution < 1.29 is 5.11 Å². The van der Waals surface area contributed by atoms with E-state index in [0.717, 1.165) is 32.6 Å². The van der Waals surface area contributed by atoms with Crippen LogP contribution in [0.4, 0.5) is 0 Å². The average molecular weight is 297 g/mol. The molecule has 2 N–H and O–H groups in total. The number of hydrogen-bond acceptors (Lipinski definition) is 4. The lowest BCUT2D eigenvalue weighted by Crippen LogP contribution is -2.37. The Morgan fingerprint density at radius 2 is 1.86 bits per heavy atom. The predicted octanol–water partition coefficient (Wildman–Crippen LogP) is 1.81. The SMILES string of the molecule is OC1CC(CNCc2ccncc2)N(Cc2ccccc2)C1. The molecule has 2 unspecified atom stereocenters. The predicted molar refractivity (Wildman–Crippen MR) is 87.2 cm³/mol. The molecule has 2 aromatic rings. The highest BCUT2D eigenvalue weighted by molar-refractivity contribution is 5.15. The van der Waals surface area contributed by atoms with Crippen LogP contribution < -0.4 is 5.32 Å². The molecule has 0 spiro atoms. The lowest BCUT2D eigenvalue weighted by Gasteiger charge is -2.24. The van der Waals surface area contributed by atoms with E-state index in [2.05, 4.69) is 39.5 Å². The van der Waals surface area contributed by atoms with Gasteiger partial charge in [-0.1, -0.05) is 30.3 Å². The molecule has 116 valence electrons. The first-order chi connectivity index (χ1) is 10.8. The summed E-state index contributed by atoms with van der Waals surface area (Å²) in [5.41, 5.74) is 2.54. The van der Waals surface area contributed by atoms with E-state index in [0.29, 0.717) is 6.04 Å². The lowest BCUT2D eigenvalue weighted by molar-refractivity contribution is 0.172. The minimum absolute atomic E-state index is 0.212. The summed E-state index contributed by atoms with van der Waals surface area (Å²) in [6, 6.07) is 14.9. The van der Waals surface area contributed by atoms with Gasteiger partial charge in [0.15, 0.2) is 0 Å². The normalized spacial score (nSPS) is 22.0. The molecule has 4 heteroatoms. The van der Waals surface area contributed by atoms with E-state index >= 15 is 0 Å². The summed E-state index contributed by atoms with van der Waals surface area (Å²) in [5, 5.41) is 13.5. The van der Waals surface area contributed by atoms with Crippen molar-refractivity contribution in [1.82, 2.24) is 15.2 Å². The van der Waals surface area contributed by atoms with E-state index in [1.165, 1.54) is 11.1 Å². The van der Waals surface area contributed by atoms with Gasteiger partial charge in [-0.25, -0.2) is 0 Å². The number of pyridine rings is 1. The monoisotopic (exact) mass is 297 g/mol. The largest absolute Gasteiger partial charge is 0.392 e. The lowest BCUT2D eigenvalue weighted by atomic mass is 10.1. The third kappa shape index (κ3) is 4.13. The maximum Gasteiger partial charge on any atom is 0.0682 e. The van der Waals surface area contributed by atoms with Gasteiger partial charge in [0, 0.05) is 44.6 Å². The van der Waals surface area contributed by atoms with Gasteiger partial charge < -0.3 is 10.4 Å². The molecule has 0 aliphatic carbocycles. The van der Waals surface area contributed by atoms with E-state index in [-0.39, 0.29) is 6.10 Å². The second-order valence-corrected chi connectivity index (χ2v) is 5.94. The number of aromatic nitrogens is 1. The number of aliphatic hydroxyl groups excluding tert-OH is 1. The molecule has 22 heavy (non-hydrogen) atoms. The molecular weight excluding hydrogens is 274 g/mol. The molecule has 1 aliphatic rings. The van der Waals surface area contributed by atoms with Gasteiger partial charge in [0.1, 0.15) is 0 Å². The molecule has 4 nitrogen and oxygen atoms in total. The zero-order valence-corrected chi connectivity index (χ0v) is 12.7. The molecule has 0 radical (unpaired) electrons. The molecule has 2 heterocycles. The van der Waals surface area contributed by atoms with Crippen LogP contribution in [0, 0.1) is 0 Å². The molecule has 0 amide bonds. The van der Waals surface area contributed by atoms with Crippen molar-refractivity contribution in [2.75, 3.05) is 13.1 Å². The molecule has 1 saturated heterocycles. The highest BCUT2D eigenvalue weighted by atomic mass is 16.3. The smallest absolute Gasteiger partial charge is 0.0682 e. The number of aliphatic hydroxyl groups is 1. The molecule has 1 aromatic carbocycles. The highest BCUT2D eigenvalue weighted by Crippen LogP contribution is 2.20. The van der Waals surface area contributed by atoms with E-state index in [4.69, 9.17) is 0 Å². The van der Waals surface area contributed by atoms with E-state index < -0.39 is 0 Å². The number of nitrogens with one attached hydrogen (secondary N) is 1. The fraction of sp³-hybridized carbons (Fsp3) is 0.389. The summed E-state index contributed by atoms with van der Waals surface area (Å²) < 4.78 is 0. The third-order valence-electron chi connectivity index (χ3n) is 4.19. The number of hydrogen-bond donors (Lipinski definition) is 2. The number of nitrogens with zero attached hydrogens (tertiary/aromatic N) is 2. The Labute approximate surface area is 131 Å². The number of likely N-dealkylation sites (tertiary alicyclic amines) is 1. The van der Waals surface area contributed by atoms with Crippen molar-refractivity contribution >= 4 is 0 Å². The minimum atomic E-state index is -0.212. The van der Waals surface area contributed by atoms with E-state index in [9.17, 15) is 5.11 Å². The third-order valence-corrected chi connectivity index (χ3v) is 4.19. The second kappa shape index (κ2) is 7.49. The topological polar surface area (TPSA) is 48.4 Å². The van der Waals surface area contributed by atoms with Crippen molar-refractivity contribution in [2.45, 2.75) is 31.7 Å². The van der Waals surface area contributed by atoms with Crippen molar-refractivity contribution in [3.05, 3.63) is 66.0 Å². The van der Waals surface area contributed by atoms with Crippen molar-refractivity contribution in [2.24, 2.45) is 0 Å². The Bertz CT molecular complexity index is 561. The summed E-state index contributed by atoms with van der Waals surface area (Å²) in [5.74, 6) is 0. The van der Waals surface area contributed by atoms with Crippen LogP contribution in [0.2, 0.25) is 0 Å². The standard InChI is InChI=1S/C18H23N3O/c22-18-10-17(12-20-11-15-6-8-19-9-7-15)21(14-18)13-16-4-2-1-3-5-16/h1-9,17-18,20,22H,10-14H2. The maximum absolute atomic E-state index is 9.99. The molecular formula is C18H23N3O. The molecule has 0 bridgehead atoms. The van der Waals surface area contributed by atoms with Gasteiger partial charge in [0.2, 0.25) is 0 Å². The van der Waals surface area contributed by atoms with E-state index in [1.54, 1.807) is 0 Å². The van der Waals surface area contributed by atoms with Gasteiger partial charge in [-0.3, -0.25) is 9.88 Å². The molecule has 1 aromatic heterocycles. The zero-order chi connectivity index (χ0) is 15.2. The summed E-state index contributed by atoms with van der Waals surface area (Å²) in [6.45, 7) is 3.40. The van der Waals surface area contributed by atoms with Crippen molar-refractivity contribution in [1.29, 1.82) is 0 Å². The number of β-amino-alcohol motifs (C(OH)–C–C–N with tert-alkyl or cyclic N) is 1. The van der Waals surface area contributed by atoms with Crippen LogP contribution in [0.25, 0.3) is 0 Å². The Kier molecular flexibility index (Phi) is 5.16. The Morgan fingerprint density at radius 3 is 2.64 bits per heavy atom. The first-order valence-corrected chi connectivity index (χ1v) is 7.87. The fourth-order valence-electron chi connectivity index (χ4n) is 3.07. The molecule has 1 aliphatic heterocycles. The Balaban J connectivity index is 1.52. The quantitative estimate of drug-likeness (QED) is 0.854. The molecule has 1 fully saturated rings. The number of benzene rings is 1. The van der Waals surface area contributed by atoms with Crippen LogP contribution in [0.15, 0.2) is 54.9 Å². The number of rotatable bonds is 6. The fourth-order valence-corrected chi connectivity index (χ4v) is 3.07. The molecule has 0 saturated carbocycles. The van der Waals surface area contributed by atoms with Crippen LogP contribution >= 0.6 is 0 Å². The Morgan fingerprint density at radius 1 is 1.09 bits per heavy atom. The van der Waals surface area contributed by atoms with Gasteiger partial charge in [-0.15, -0.1) is 0 Å². The first-order valence-electron chi connectivity index (χ1n) is 7.87. The van der Waals surface area contributed by atoms with E-state index in [1.807, 2.05) is 30.6 Å². The maximum atomic E-state index is 9.99. The van der Waals surface area contributed by atoms with Gasteiger partial charge >= 0.3 is 0 Å². The molecule has 3 rings (SSSR count). The van der Waals surface area contributed by atoms with Gasteiger partial charge in [0.25, 0.3) is 0 Å². The van der Waals surface area contributed by atoms with Gasteiger partial charge in [-0.05, 0) is 29.7 Å². The second-order valence-electron chi connectivity index (χ2n) is 5.94. The summed E-state index contributed by atoms with van der Waals surface area (Å²) >= 11 is 0. The van der Waals surface area contributed by atoms with Crippen LogP contribution in [-0.2, 0) is 13.1 Å². The summed E-state index contributed by atoms with van der Waals surface area (Å²) in [4.78, 5) is 6.41. The zero-order valence-electron chi connectivity index (χ0n) is 12.7. The van der Waals surface area contributed by atoms with Crippen molar-refractivity contribution in [3.63, 3.8) is 0 Å². The molecule has 2 atom stereocenters. The summed E-state index contributed by atoms with van der Waals surface area (Å²) in [6.07, 6.45) is 4.27.